The number of unbranched alkanes of at least 4 members (excludes halogenated alkanes) is 2. The largest absolute Gasteiger partial charge is 0.355 e. The van der Waals surface area contributed by atoms with Crippen LogP contribution in [0.25, 0.3) is 11.9 Å². The first-order valence-corrected chi connectivity index (χ1v) is 29.6. The SMILES string of the molecule is CCCCC(CC)CNS(=O)(=O)c1ccc(N=Nc2c(C(C)(C)C)nn(-c3ncnc(-n4nc(C(C)(C)C)c(N=Nc5ccc(S(=O)(=O)NCC(CC)CCCC)cc5)c4N(CC)CC)n3)c2N(CC)CC)cc1. The van der Waals surface area contributed by atoms with Crippen molar-refractivity contribution < 1.29 is 16.8 Å². The Morgan fingerprint density at radius 2 is 0.892 bits per heavy atom. The van der Waals surface area contributed by atoms with Crippen LogP contribution in [0, 0.1) is 11.8 Å². The highest BCUT2D eigenvalue weighted by Gasteiger charge is 2.34. The normalized spacial score (nSPS) is 13.6. The van der Waals surface area contributed by atoms with Gasteiger partial charge in [0.05, 0.1) is 32.6 Å². The summed E-state index contributed by atoms with van der Waals surface area (Å²) >= 11 is 0. The molecule has 5 aromatic rings. The van der Waals surface area contributed by atoms with Crippen LogP contribution < -0.4 is 19.2 Å². The molecule has 0 bridgehead atoms. The zero-order chi connectivity index (χ0) is 54.4. The zero-order valence-corrected chi connectivity index (χ0v) is 48.1. The molecule has 2 aromatic carbocycles. The maximum Gasteiger partial charge on any atom is 0.257 e. The van der Waals surface area contributed by atoms with E-state index in [0.717, 1.165) is 51.4 Å². The second-order valence-electron chi connectivity index (χ2n) is 20.7. The van der Waals surface area contributed by atoms with Gasteiger partial charge in [0.15, 0.2) is 23.0 Å². The van der Waals surface area contributed by atoms with Crippen LogP contribution in [0.4, 0.5) is 34.4 Å². The van der Waals surface area contributed by atoms with Crippen LogP contribution in [0.15, 0.2) is 85.1 Å². The molecule has 3 heterocycles. The van der Waals surface area contributed by atoms with Gasteiger partial charge in [-0.1, -0.05) is 108 Å². The van der Waals surface area contributed by atoms with Crippen LogP contribution >= 0.6 is 0 Å². The van der Waals surface area contributed by atoms with E-state index in [1.165, 1.54) is 6.33 Å². The summed E-state index contributed by atoms with van der Waals surface area (Å²) in [6, 6.07) is 12.8. The number of nitrogens with one attached hydrogen (secondary N) is 2. The van der Waals surface area contributed by atoms with Crippen molar-refractivity contribution in [1.29, 1.82) is 0 Å². The molecule has 0 fully saturated rings. The first-order chi connectivity index (χ1) is 35.1. The number of hydrogen-bond donors (Lipinski definition) is 2. The number of azo groups is 2. The Labute approximate surface area is 441 Å². The van der Waals surface area contributed by atoms with E-state index < -0.39 is 30.9 Å². The summed E-state index contributed by atoms with van der Waals surface area (Å²) in [5, 5.41) is 29.3. The molecule has 74 heavy (non-hydrogen) atoms. The lowest BCUT2D eigenvalue weighted by Crippen LogP contribution is -2.29. The van der Waals surface area contributed by atoms with Crippen LogP contribution in [0.1, 0.15) is 160 Å². The summed E-state index contributed by atoms with van der Waals surface area (Å²) < 4.78 is 62.1. The lowest BCUT2D eigenvalue weighted by molar-refractivity contribution is 0.443. The molecule has 2 N–H and O–H groups in total. The monoisotopic (exact) mass is 1060 g/mol. The fraction of sp³-hybridized carbons (Fsp3) is 0.604. The van der Waals surface area contributed by atoms with Crippen LogP contribution in [-0.4, -0.2) is 90.6 Å². The highest BCUT2D eigenvalue weighted by Crippen LogP contribution is 2.43. The molecule has 0 saturated heterocycles. The molecule has 0 amide bonds. The lowest BCUT2D eigenvalue weighted by Gasteiger charge is -2.23. The van der Waals surface area contributed by atoms with Gasteiger partial charge in [-0.2, -0.15) is 44.7 Å². The minimum Gasteiger partial charge on any atom is -0.355 e. The van der Waals surface area contributed by atoms with Crippen LogP contribution in [0.2, 0.25) is 0 Å². The summed E-state index contributed by atoms with van der Waals surface area (Å²) in [5.74, 6) is 2.26. The van der Waals surface area contributed by atoms with Crippen molar-refractivity contribution in [3.63, 3.8) is 0 Å². The van der Waals surface area contributed by atoms with E-state index in [-0.39, 0.29) is 33.5 Å². The first-order valence-electron chi connectivity index (χ1n) is 26.6. The number of rotatable bonds is 28. The predicted molar refractivity (Wildman–Crippen MR) is 297 cm³/mol. The quantitative estimate of drug-likeness (QED) is 0.0448. The van der Waals surface area contributed by atoms with Crippen molar-refractivity contribution in [2.75, 3.05) is 49.1 Å². The maximum absolute atomic E-state index is 13.3. The van der Waals surface area contributed by atoms with Crippen LogP contribution in [0.3, 0.4) is 0 Å². The first kappa shape index (κ1) is 59.4. The second kappa shape index (κ2) is 26.3. The topological polar surface area (TPSA) is 223 Å². The summed E-state index contributed by atoms with van der Waals surface area (Å²) in [7, 11) is -7.44. The molecule has 19 nitrogen and oxygen atoms in total. The highest BCUT2D eigenvalue weighted by atomic mass is 32.2. The van der Waals surface area contributed by atoms with E-state index >= 15 is 0 Å². The molecule has 3 aromatic heterocycles. The van der Waals surface area contributed by atoms with Crippen molar-refractivity contribution in [2.24, 2.45) is 32.3 Å². The molecule has 5 rings (SSSR count). The van der Waals surface area contributed by atoms with Crippen molar-refractivity contribution in [1.82, 2.24) is 44.0 Å². The van der Waals surface area contributed by atoms with Gasteiger partial charge in [-0.25, -0.2) is 26.3 Å². The van der Waals surface area contributed by atoms with Crippen molar-refractivity contribution in [2.45, 2.75) is 169 Å². The zero-order valence-electron chi connectivity index (χ0n) is 46.5. The summed E-state index contributed by atoms with van der Waals surface area (Å²) in [6.45, 7) is 32.2. The molecule has 0 radical (unpaired) electrons. The number of aromatic nitrogens is 7. The van der Waals surface area contributed by atoms with E-state index in [4.69, 9.17) is 25.4 Å². The fourth-order valence-electron chi connectivity index (χ4n) is 8.48. The molecule has 2 atom stereocenters. The molecule has 0 aliphatic carbocycles. The van der Waals surface area contributed by atoms with Gasteiger partial charge in [0.1, 0.15) is 6.33 Å². The van der Waals surface area contributed by atoms with E-state index in [1.807, 2.05) is 27.7 Å². The minimum absolute atomic E-state index is 0.164. The second-order valence-corrected chi connectivity index (χ2v) is 24.3. The number of benzene rings is 2. The standard InChI is InChI=1S/C53H83N15O4S2/c1-15-23-25-38(17-3)35-56-73(69,70)42-31-27-40(28-32-42)59-61-44-46(52(9,10)11)63-67(48(44)65(19-5)20-6)50-54-37-55-51(58-50)68-49(66(21-7)22-8)45(47(64-68)53(12,13)14)62-60-41-29-33-43(34-30-41)74(71,72)57-36-39(18-4)26-24-16-2/h27-34,37-39,56-57H,15-26,35-36H2,1-14H3. The summed E-state index contributed by atoms with van der Waals surface area (Å²) in [4.78, 5) is 19.0. The summed E-state index contributed by atoms with van der Waals surface area (Å²) in [5.41, 5.74) is 2.27. The van der Waals surface area contributed by atoms with E-state index in [2.05, 4.69) is 109 Å². The van der Waals surface area contributed by atoms with Crippen molar-refractivity contribution in [3.05, 3.63) is 66.2 Å². The van der Waals surface area contributed by atoms with Gasteiger partial charge in [0.2, 0.25) is 20.0 Å². The smallest absolute Gasteiger partial charge is 0.257 e. The van der Waals surface area contributed by atoms with E-state index in [0.29, 0.717) is 85.0 Å². The van der Waals surface area contributed by atoms with Crippen LogP contribution in [0.5, 0.6) is 0 Å². The Morgan fingerprint density at radius 3 is 1.19 bits per heavy atom. The average Bonchev–Trinajstić information content (AvgIpc) is 3.96. The molecule has 0 aliphatic heterocycles. The third-order valence-corrected chi connectivity index (χ3v) is 16.1. The van der Waals surface area contributed by atoms with Gasteiger partial charge in [-0.05, 0) is 101 Å². The van der Waals surface area contributed by atoms with Gasteiger partial charge in [-0.3, -0.25) is 0 Å². The van der Waals surface area contributed by atoms with E-state index in [9.17, 15) is 16.8 Å². The fourth-order valence-corrected chi connectivity index (χ4v) is 10.7. The molecular weight excluding hydrogens is 975 g/mol. The van der Waals surface area contributed by atoms with Gasteiger partial charge in [0, 0.05) is 50.1 Å². The van der Waals surface area contributed by atoms with E-state index in [1.54, 1.807) is 57.9 Å². The Bertz CT molecular complexity index is 2670. The highest BCUT2D eigenvalue weighted by molar-refractivity contribution is 7.89. The van der Waals surface area contributed by atoms with Gasteiger partial charge in [0.25, 0.3) is 11.9 Å². The Morgan fingerprint density at radius 1 is 0.541 bits per heavy atom. The molecule has 0 saturated carbocycles. The van der Waals surface area contributed by atoms with Crippen molar-refractivity contribution >= 4 is 54.4 Å². The van der Waals surface area contributed by atoms with Gasteiger partial charge < -0.3 is 9.80 Å². The lowest BCUT2D eigenvalue weighted by atomic mass is 9.91. The molecule has 406 valence electrons. The number of nitrogens with zero attached hydrogens (tertiary/aromatic N) is 13. The molecule has 0 aliphatic rings. The minimum atomic E-state index is -3.72. The molecular formula is C53H83N15O4S2. The Kier molecular flexibility index (Phi) is 21.1. The number of anilines is 2. The molecule has 21 heteroatoms. The maximum atomic E-state index is 13.3. The van der Waals surface area contributed by atoms with Crippen LogP contribution in [-0.2, 0) is 30.9 Å². The third-order valence-electron chi connectivity index (χ3n) is 13.2. The van der Waals surface area contributed by atoms with Crippen molar-refractivity contribution in [3.8, 4) is 11.9 Å². The number of sulfonamides is 2. The van der Waals surface area contributed by atoms with Gasteiger partial charge >= 0.3 is 0 Å². The Balaban J connectivity index is 1.57. The molecule has 0 spiro atoms. The predicted octanol–water partition coefficient (Wildman–Crippen LogP) is 12.4. The average molecular weight is 1060 g/mol. The summed E-state index contributed by atoms with van der Waals surface area (Å²) in [6.07, 6.45) is 9.48. The Hall–Kier alpha value is -5.51. The third kappa shape index (κ3) is 14.9. The number of hydrogen-bond acceptors (Lipinski definition) is 15. The molecule has 2 unspecified atom stereocenters. The van der Waals surface area contributed by atoms with Gasteiger partial charge in [-0.15, -0.1) is 10.2 Å².